The molecule has 2 saturated heterocycles. The summed E-state index contributed by atoms with van der Waals surface area (Å²) in [6.07, 6.45) is 5.31. The summed E-state index contributed by atoms with van der Waals surface area (Å²) in [5.74, 6) is -0.564. The number of phenolic OH excluding ortho intramolecular Hbond substituents is 1. The van der Waals surface area contributed by atoms with Gasteiger partial charge in [-0.2, -0.15) is 0 Å². The molecule has 6 nitrogen and oxygen atoms in total. The van der Waals surface area contributed by atoms with Crippen molar-refractivity contribution in [2.24, 2.45) is 17.8 Å². The first-order valence-electron chi connectivity index (χ1n) is 12.7. The normalized spacial score (nSPS) is 26.1. The summed E-state index contributed by atoms with van der Waals surface area (Å²) >= 11 is 1.57. The van der Waals surface area contributed by atoms with Crippen LogP contribution >= 0.6 is 11.3 Å². The van der Waals surface area contributed by atoms with Crippen molar-refractivity contribution >= 4 is 29.2 Å². The molecule has 0 spiro atoms. The zero-order valence-corrected chi connectivity index (χ0v) is 21.6. The summed E-state index contributed by atoms with van der Waals surface area (Å²) in [5.41, 5.74) is 4.70. The van der Waals surface area contributed by atoms with Crippen LogP contribution in [0.4, 0.5) is 0 Å². The average molecular weight is 508 g/mol. The van der Waals surface area contributed by atoms with Crippen LogP contribution in [0.2, 0.25) is 0 Å². The summed E-state index contributed by atoms with van der Waals surface area (Å²) < 4.78 is 11.9. The third kappa shape index (κ3) is 4.80. The van der Waals surface area contributed by atoms with Crippen LogP contribution in [0.5, 0.6) is 5.75 Å². The van der Waals surface area contributed by atoms with Gasteiger partial charge in [0.15, 0.2) is 0 Å². The molecule has 1 aromatic carbocycles. The van der Waals surface area contributed by atoms with Crippen LogP contribution in [0.15, 0.2) is 58.5 Å². The van der Waals surface area contributed by atoms with Gasteiger partial charge in [0.05, 0.1) is 37.7 Å². The molecule has 5 rings (SSSR count). The van der Waals surface area contributed by atoms with Crippen LogP contribution in [-0.2, 0) is 25.6 Å². The van der Waals surface area contributed by atoms with Gasteiger partial charge in [-0.15, -0.1) is 11.3 Å². The van der Waals surface area contributed by atoms with Gasteiger partial charge in [0.1, 0.15) is 5.75 Å². The summed E-state index contributed by atoms with van der Waals surface area (Å²) in [6, 6.07) is 11.2. The van der Waals surface area contributed by atoms with Crippen LogP contribution in [0.3, 0.4) is 0 Å². The number of allylic oxidation sites excluding steroid dienone is 1. The van der Waals surface area contributed by atoms with Crippen molar-refractivity contribution in [3.8, 4) is 5.75 Å². The molecular formula is C29H33NO5S. The lowest BCUT2D eigenvalue weighted by atomic mass is 9.69. The fourth-order valence-corrected chi connectivity index (χ4v) is 6.73. The molecule has 4 atom stereocenters. The van der Waals surface area contributed by atoms with Crippen molar-refractivity contribution in [3.05, 3.63) is 68.9 Å². The number of nitrogens with zero attached hydrogens (tertiary/aromatic N) is 1. The Morgan fingerprint density at radius 3 is 2.69 bits per heavy atom. The predicted molar refractivity (Wildman–Crippen MR) is 139 cm³/mol. The fourth-order valence-electron chi connectivity index (χ4n) is 6.03. The van der Waals surface area contributed by atoms with E-state index in [1.165, 1.54) is 16.0 Å². The third-order valence-corrected chi connectivity index (χ3v) is 8.62. The number of hydrogen-bond donors (Lipinski definition) is 1. The lowest BCUT2D eigenvalue weighted by Crippen LogP contribution is -2.35. The van der Waals surface area contributed by atoms with Crippen molar-refractivity contribution < 1.29 is 24.2 Å². The fraction of sp³-hybridized carbons (Fsp3) is 0.448. The number of phenols is 1. The molecule has 7 heteroatoms. The number of likely N-dealkylation sites (tertiary alicyclic amines) is 1. The van der Waals surface area contributed by atoms with Gasteiger partial charge in [0.2, 0.25) is 11.8 Å². The van der Waals surface area contributed by atoms with Crippen molar-refractivity contribution in [1.82, 2.24) is 4.90 Å². The molecule has 3 heterocycles. The Balaban J connectivity index is 1.34. The molecule has 2 aliphatic heterocycles. The Kier molecular flexibility index (Phi) is 7.42. The number of carbonyl (C=O) groups is 2. The molecule has 3 aliphatic rings. The zero-order chi connectivity index (χ0) is 25.2. The van der Waals surface area contributed by atoms with Crippen LogP contribution < -0.4 is 0 Å². The molecule has 2 aromatic rings. The monoisotopic (exact) mass is 507 g/mol. The van der Waals surface area contributed by atoms with Gasteiger partial charge < -0.3 is 14.6 Å². The number of carbonyl (C=O) groups excluding carboxylic acids is 2. The SMILES string of the molecule is CC/C(=C\c1ccc(O)cc1)CC[C@H]1OC[C@H]2C1=C(COC)C[C@H]1C(=O)N(Cc3cccs3)C(=O)[C@H]12. The maximum atomic E-state index is 13.5. The van der Waals surface area contributed by atoms with E-state index in [4.69, 9.17) is 9.47 Å². The number of benzene rings is 1. The molecule has 1 aliphatic carbocycles. The number of ether oxygens (including phenoxy) is 2. The van der Waals surface area contributed by atoms with E-state index < -0.39 is 0 Å². The van der Waals surface area contributed by atoms with E-state index in [9.17, 15) is 14.7 Å². The molecule has 2 amide bonds. The van der Waals surface area contributed by atoms with Gasteiger partial charge in [-0.1, -0.05) is 36.8 Å². The molecule has 2 fully saturated rings. The number of methoxy groups -OCH3 is 1. The lowest BCUT2D eigenvalue weighted by Gasteiger charge is -2.31. The smallest absolute Gasteiger partial charge is 0.234 e. The van der Waals surface area contributed by atoms with Crippen molar-refractivity contribution in [3.63, 3.8) is 0 Å². The first kappa shape index (κ1) is 24.9. The summed E-state index contributed by atoms with van der Waals surface area (Å²) in [6.45, 7) is 3.45. The Bertz CT molecular complexity index is 1170. The van der Waals surface area contributed by atoms with Gasteiger partial charge in [0.25, 0.3) is 0 Å². The standard InChI is InChI=1S/C29H33NO5S/c1-3-18(13-19-6-9-21(31)10-7-19)8-11-25-26-20(16-34-2)14-23-27(24(26)17-35-25)29(33)30(28(23)32)15-22-5-4-12-36-22/h4-7,9-10,12-13,23-25,27,31H,3,8,11,14-17H2,1-2H3/b18-13+/t23-,24+,25-,27-/m1/s1. The third-order valence-electron chi connectivity index (χ3n) is 7.76. The first-order chi connectivity index (χ1) is 17.5. The van der Waals surface area contributed by atoms with Gasteiger partial charge in [-0.25, -0.2) is 0 Å². The quantitative estimate of drug-likeness (QED) is 0.373. The maximum Gasteiger partial charge on any atom is 0.234 e. The number of aromatic hydroxyl groups is 1. The second kappa shape index (κ2) is 10.7. The van der Waals surface area contributed by atoms with Crippen molar-refractivity contribution in [2.75, 3.05) is 20.3 Å². The average Bonchev–Trinajstić information content (AvgIpc) is 3.60. The Morgan fingerprint density at radius 2 is 2.00 bits per heavy atom. The highest BCUT2D eigenvalue weighted by molar-refractivity contribution is 7.09. The van der Waals surface area contributed by atoms with Crippen molar-refractivity contribution in [1.29, 1.82) is 0 Å². The van der Waals surface area contributed by atoms with E-state index in [0.29, 0.717) is 26.2 Å². The molecule has 0 bridgehead atoms. The lowest BCUT2D eigenvalue weighted by molar-refractivity contribution is -0.140. The number of amides is 2. The van der Waals surface area contributed by atoms with E-state index in [2.05, 4.69) is 13.0 Å². The number of imide groups is 1. The molecule has 190 valence electrons. The number of thiophene rings is 1. The Hall–Kier alpha value is -2.74. The highest BCUT2D eigenvalue weighted by Crippen LogP contribution is 2.50. The molecule has 0 saturated carbocycles. The molecule has 1 N–H and O–H groups in total. The number of hydrogen-bond acceptors (Lipinski definition) is 6. The molecule has 0 radical (unpaired) electrons. The topological polar surface area (TPSA) is 76.1 Å². The molecule has 0 unspecified atom stereocenters. The van der Waals surface area contributed by atoms with Gasteiger partial charge in [-0.05, 0) is 66.0 Å². The zero-order valence-electron chi connectivity index (χ0n) is 20.8. The number of rotatable bonds is 9. The van der Waals surface area contributed by atoms with Crippen LogP contribution in [-0.4, -0.2) is 48.2 Å². The first-order valence-corrected chi connectivity index (χ1v) is 13.6. The maximum absolute atomic E-state index is 13.5. The van der Waals surface area contributed by atoms with Crippen LogP contribution in [0.25, 0.3) is 6.08 Å². The van der Waals surface area contributed by atoms with E-state index in [1.54, 1.807) is 30.6 Å². The molecule has 1 aromatic heterocycles. The second-order valence-electron chi connectivity index (χ2n) is 9.89. The minimum absolute atomic E-state index is 0.0527. The van der Waals surface area contributed by atoms with Gasteiger partial charge in [-0.3, -0.25) is 14.5 Å². The second-order valence-corrected chi connectivity index (χ2v) is 10.9. The van der Waals surface area contributed by atoms with Crippen LogP contribution in [0, 0.1) is 17.8 Å². The highest BCUT2D eigenvalue weighted by Gasteiger charge is 2.56. The molecule has 36 heavy (non-hydrogen) atoms. The van der Waals surface area contributed by atoms with E-state index in [1.807, 2.05) is 29.6 Å². The Labute approximate surface area is 216 Å². The summed E-state index contributed by atoms with van der Waals surface area (Å²) in [4.78, 5) is 29.3. The summed E-state index contributed by atoms with van der Waals surface area (Å²) in [7, 11) is 1.68. The predicted octanol–water partition coefficient (Wildman–Crippen LogP) is 5.19. The van der Waals surface area contributed by atoms with Gasteiger partial charge in [0, 0.05) is 17.9 Å². The van der Waals surface area contributed by atoms with Crippen LogP contribution in [0.1, 0.15) is 43.0 Å². The Morgan fingerprint density at radius 1 is 1.19 bits per heavy atom. The highest BCUT2D eigenvalue weighted by atomic mass is 32.1. The van der Waals surface area contributed by atoms with Gasteiger partial charge >= 0.3 is 0 Å². The number of fused-ring (bicyclic) bond motifs is 3. The van der Waals surface area contributed by atoms with E-state index >= 15 is 0 Å². The van der Waals surface area contributed by atoms with E-state index in [0.717, 1.165) is 35.3 Å². The largest absolute Gasteiger partial charge is 0.508 e. The minimum Gasteiger partial charge on any atom is -0.508 e. The summed E-state index contributed by atoms with van der Waals surface area (Å²) in [5, 5.41) is 11.5. The minimum atomic E-state index is -0.337. The van der Waals surface area contributed by atoms with E-state index in [-0.39, 0.29) is 41.4 Å². The molecular weight excluding hydrogens is 474 g/mol. The van der Waals surface area contributed by atoms with Crippen molar-refractivity contribution in [2.45, 2.75) is 45.3 Å².